The molecule has 0 amide bonds. The minimum Gasteiger partial charge on any atom is -0.103 e. The van der Waals surface area contributed by atoms with Crippen LogP contribution in [0.15, 0.2) is 43.0 Å². The first-order valence-electron chi connectivity index (χ1n) is 7.06. The molecule has 17 heavy (non-hydrogen) atoms. The van der Waals surface area contributed by atoms with E-state index < -0.39 is 0 Å². The van der Waals surface area contributed by atoms with Crippen LogP contribution in [0.1, 0.15) is 56.4 Å². The van der Waals surface area contributed by atoms with Gasteiger partial charge in [-0.3, -0.25) is 0 Å². The summed E-state index contributed by atoms with van der Waals surface area (Å²) >= 11 is 0. The van der Waals surface area contributed by atoms with Gasteiger partial charge >= 0.3 is 0 Å². The van der Waals surface area contributed by atoms with Gasteiger partial charge in [-0.2, -0.15) is 0 Å². The van der Waals surface area contributed by atoms with E-state index in [1.54, 1.807) is 5.56 Å². The minimum absolute atomic E-state index is 0.826. The number of hydrogen-bond donors (Lipinski definition) is 0. The maximum absolute atomic E-state index is 3.80. The second-order valence-corrected chi connectivity index (χ2v) is 5.35. The molecular formula is C17H24. The molecule has 0 radical (unpaired) electrons. The van der Waals surface area contributed by atoms with Crippen LogP contribution >= 0.6 is 0 Å². The molecule has 1 saturated carbocycles. The molecule has 1 aromatic carbocycles. The second kappa shape index (κ2) is 6.64. The van der Waals surface area contributed by atoms with Crippen molar-refractivity contribution in [3.63, 3.8) is 0 Å². The van der Waals surface area contributed by atoms with Crippen LogP contribution in [-0.2, 0) is 0 Å². The molecule has 92 valence electrons. The van der Waals surface area contributed by atoms with Crippen LogP contribution in [0.2, 0.25) is 0 Å². The number of hydrogen-bond acceptors (Lipinski definition) is 0. The molecule has 0 saturated heterocycles. The molecule has 1 fully saturated rings. The van der Waals surface area contributed by atoms with E-state index in [9.17, 15) is 0 Å². The Kier molecular flexibility index (Phi) is 4.85. The summed E-state index contributed by atoms with van der Waals surface area (Å²) in [4.78, 5) is 0. The van der Waals surface area contributed by atoms with Gasteiger partial charge in [-0.25, -0.2) is 0 Å². The highest BCUT2D eigenvalue weighted by atomic mass is 14.3. The van der Waals surface area contributed by atoms with Gasteiger partial charge in [0, 0.05) is 0 Å². The largest absolute Gasteiger partial charge is 0.103 e. The van der Waals surface area contributed by atoms with Crippen LogP contribution in [0.3, 0.4) is 0 Å². The van der Waals surface area contributed by atoms with Crippen LogP contribution in [-0.4, -0.2) is 0 Å². The van der Waals surface area contributed by atoms with Crippen LogP contribution in [0.4, 0.5) is 0 Å². The Balaban J connectivity index is 1.76. The average molecular weight is 228 g/mol. The summed E-state index contributed by atoms with van der Waals surface area (Å²) in [5, 5.41) is 0. The van der Waals surface area contributed by atoms with Gasteiger partial charge in [-0.1, -0.05) is 42.8 Å². The predicted molar refractivity (Wildman–Crippen MR) is 75.2 cm³/mol. The molecule has 2 rings (SSSR count). The zero-order valence-electron chi connectivity index (χ0n) is 10.8. The Hall–Kier alpha value is -1.04. The SMILES string of the molecule is C=CCCCC1CCC(c2ccccc2)CC1. The van der Waals surface area contributed by atoms with E-state index in [-0.39, 0.29) is 0 Å². The van der Waals surface area contributed by atoms with Gasteiger partial charge < -0.3 is 0 Å². The lowest BCUT2D eigenvalue weighted by atomic mass is 9.77. The predicted octanol–water partition coefficient (Wildman–Crippen LogP) is 5.32. The Bertz CT molecular complexity index is 317. The lowest BCUT2D eigenvalue weighted by molar-refractivity contribution is 0.305. The molecule has 0 atom stereocenters. The van der Waals surface area contributed by atoms with Crippen LogP contribution < -0.4 is 0 Å². The van der Waals surface area contributed by atoms with Crippen molar-refractivity contribution in [1.29, 1.82) is 0 Å². The van der Waals surface area contributed by atoms with E-state index in [0.29, 0.717) is 0 Å². The molecule has 0 nitrogen and oxygen atoms in total. The van der Waals surface area contributed by atoms with E-state index in [4.69, 9.17) is 0 Å². The first-order valence-corrected chi connectivity index (χ1v) is 7.06. The van der Waals surface area contributed by atoms with Crippen molar-refractivity contribution >= 4 is 0 Å². The standard InChI is InChI=1S/C17H24/c1-2-3-5-8-15-11-13-17(14-12-15)16-9-6-4-7-10-16/h2,4,6-7,9-10,15,17H,1,3,5,8,11-14H2. The smallest absolute Gasteiger partial charge is 0.0162 e. The Morgan fingerprint density at radius 2 is 1.76 bits per heavy atom. The molecule has 0 spiro atoms. The lowest BCUT2D eigenvalue weighted by Crippen LogP contribution is -2.13. The zero-order valence-corrected chi connectivity index (χ0v) is 10.8. The van der Waals surface area contributed by atoms with E-state index in [1.807, 2.05) is 0 Å². The summed E-state index contributed by atoms with van der Waals surface area (Å²) < 4.78 is 0. The lowest BCUT2D eigenvalue weighted by Gasteiger charge is -2.28. The quantitative estimate of drug-likeness (QED) is 0.473. The molecule has 1 aliphatic carbocycles. The van der Waals surface area contributed by atoms with Gasteiger partial charge in [0.15, 0.2) is 0 Å². The molecule has 1 aromatic rings. The highest BCUT2D eigenvalue weighted by Gasteiger charge is 2.21. The maximum atomic E-state index is 3.80. The Labute approximate surface area is 106 Å². The summed E-state index contributed by atoms with van der Waals surface area (Å²) in [6.45, 7) is 3.80. The molecule has 0 aliphatic heterocycles. The number of allylic oxidation sites excluding steroid dienone is 1. The third kappa shape index (κ3) is 3.73. The molecule has 0 aromatic heterocycles. The molecule has 1 aliphatic rings. The van der Waals surface area contributed by atoms with E-state index in [2.05, 4.69) is 43.0 Å². The summed E-state index contributed by atoms with van der Waals surface area (Å²) in [5.41, 5.74) is 1.55. The third-order valence-corrected chi connectivity index (χ3v) is 4.14. The fourth-order valence-electron chi connectivity index (χ4n) is 3.06. The molecule has 0 N–H and O–H groups in total. The second-order valence-electron chi connectivity index (χ2n) is 5.35. The number of rotatable bonds is 5. The van der Waals surface area contributed by atoms with Gasteiger partial charge in [-0.05, 0) is 55.9 Å². The van der Waals surface area contributed by atoms with Crippen molar-refractivity contribution in [2.75, 3.05) is 0 Å². The van der Waals surface area contributed by atoms with Crippen LogP contribution in [0, 0.1) is 5.92 Å². The molecule has 0 bridgehead atoms. The topological polar surface area (TPSA) is 0 Å². The minimum atomic E-state index is 0.826. The first kappa shape index (κ1) is 12.4. The van der Waals surface area contributed by atoms with Crippen molar-refractivity contribution in [1.82, 2.24) is 0 Å². The number of benzene rings is 1. The van der Waals surface area contributed by atoms with Crippen LogP contribution in [0.5, 0.6) is 0 Å². The zero-order chi connectivity index (χ0) is 11.9. The molecule has 0 heteroatoms. The van der Waals surface area contributed by atoms with Crippen molar-refractivity contribution in [2.45, 2.75) is 50.9 Å². The Morgan fingerprint density at radius 1 is 1.06 bits per heavy atom. The van der Waals surface area contributed by atoms with E-state index in [0.717, 1.165) is 11.8 Å². The fraction of sp³-hybridized carbons (Fsp3) is 0.529. The number of unbranched alkanes of at least 4 members (excludes halogenated alkanes) is 1. The van der Waals surface area contributed by atoms with Crippen LogP contribution in [0.25, 0.3) is 0 Å². The first-order chi connectivity index (χ1) is 8.40. The summed E-state index contributed by atoms with van der Waals surface area (Å²) in [7, 11) is 0. The maximum Gasteiger partial charge on any atom is -0.0162 e. The van der Waals surface area contributed by atoms with Gasteiger partial charge in [0.1, 0.15) is 0 Å². The average Bonchev–Trinajstić information content (AvgIpc) is 2.41. The summed E-state index contributed by atoms with van der Waals surface area (Å²) in [6.07, 6.45) is 11.6. The monoisotopic (exact) mass is 228 g/mol. The van der Waals surface area contributed by atoms with E-state index in [1.165, 1.54) is 44.9 Å². The molecule has 0 heterocycles. The summed E-state index contributed by atoms with van der Waals surface area (Å²) in [6, 6.07) is 11.0. The Morgan fingerprint density at radius 3 is 2.41 bits per heavy atom. The van der Waals surface area contributed by atoms with Crippen molar-refractivity contribution < 1.29 is 0 Å². The normalized spacial score (nSPS) is 24.5. The third-order valence-electron chi connectivity index (χ3n) is 4.14. The van der Waals surface area contributed by atoms with Gasteiger partial charge in [0.2, 0.25) is 0 Å². The fourth-order valence-corrected chi connectivity index (χ4v) is 3.06. The molecule has 0 unspecified atom stereocenters. The highest BCUT2D eigenvalue weighted by molar-refractivity contribution is 5.19. The van der Waals surface area contributed by atoms with Gasteiger partial charge in [0.05, 0.1) is 0 Å². The van der Waals surface area contributed by atoms with Gasteiger partial charge in [0.25, 0.3) is 0 Å². The van der Waals surface area contributed by atoms with E-state index >= 15 is 0 Å². The summed E-state index contributed by atoms with van der Waals surface area (Å²) in [5.74, 6) is 1.81. The van der Waals surface area contributed by atoms with Crippen molar-refractivity contribution in [3.05, 3.63) is 48.6 Å². The molecular weight excluding hydrogens is 204 g/mol. The van der Waals surface area contributed by atoms with Gasteiger partial charge in [-0.15, -0.1) is 6.58 Å². The highest BCUT2D eigenvalue weighted by Crippen LogP contribution is 2.37. The van der Waals surface area contributed by atoms with Crippen molar-refractivity contribution in [2.24, 2.45) is 5.92 Å². The van der Waals surface area contributed by atoms with Crippen molar-refractivity contribution in [3.8, 4) is 0 Å².